The summed E-state index contributed by atoms with van der Waals surface area (Å²) in [6.07, 6.45) is 4.24. The molecule has 0 aliphatic heterocycles. The van der Waals surface area contributed by atoms with Crippen LogP contribution in [0.1, 0.15) is 72.6 Å². The second-order valence-electron chi connectivity index (χ2n) is 6.98. The van der Waals surface area contributed by atoms with Gasteiger partial charge in [-0.2, -0.15) is 0 Å². The standard InChI is InChI=1S/C17H34N4O4/c1-5-6-10-13(19-16(24)25-17(2,3)4)15(23)21-20-14(22)11-8-7-9-12-18/h13H,5-12,18H2,1-4H3,(H,19,24)(H,20,22)(H,21,23)/t13-/m1/s1. The van der Waals surface area contributed by atoms with Crippen molar-refractivity contribution in [2.45, 2.75) is 84.3 Å². The molecule has 0 aliphatic rings. The Labute approximate surface area is 150 Å². The predicted octanol–water partition coefficient (Wildman–Crippen LogP) is 1.74. The maximum atomic E-state index is 12.2. The Morgan fingerprint density at radius 2 is 1.72 bits per heavy atom. The van der Waals surface area contributed by atoms with Crippen molar-refractivity contribution in [1.82, 2.24) is 16.2 Å². The lowest BCUT2D eigenvalue weighted by molar-refractivity contribution is -0.130. The van der Waals surface area contributed by atoms with Crippen LogP contribution in [0.2, 0.25) is 0 Å². The molecule has 146 valence electrons. The van der Waals surface area contributed by atoms with Crippen molar-refractivity contribution in [2.75, 3.05) is 6.54 Å². The topological polar surface area (TPSA) is 123 Å². The predicted molar refractivity (Wildman–Crippen MR) is 96.5 cm³/mol. The van der Waals surface area contributed by atoms with Gasteiger partial charge in [-0.25, -0.2) is 4.79 Å². The van der Waals surface area contributed by atoms with Gasteiger partial charge in [0.1, 0.15) is 11.6 Å². The number of unbranched alkanes of at least 4 members (excludes halogenated alkanes) is 3. The maximum absolute atomic E-state index is 12.2. The van der Waals surface area contributed by atoms with Gasteiger partial charge in [-0.05, 0) is 46.6 Å². The summed E-state index contributed by atoms with van der Waals surface area (Å²) < 4.78 is 5.17. The Hall–Kier alpha value is -1.83. The van der Waals surface area contributed by atoms with E-state index in [1.165, 1.54) is 0 Å². The van der Waals surface area contributed by atoms with Crippen LogP contribution in [0.3, 0.4) is 0 Å². The molecule has 0 bridgehead atoms. The lowest BCUT2D eigenvalue weighted by atomic mass is 10.1. The van der Waals surface area contributed by atoms with E-state index in [0.717, 1.165) is 25.7 Å². The van der Waals surface area contributed by atoms with Crippen LogP contribution in [0.15, 0.2) is 0 Å². The van der Waals surface area contributed by atoms with E-state index in [0.29, 0.717) is 25.8 Å². The van der Waals surface area contributed by atoms with Crippen LogP contribution in [0.4, 0.5) is 4.79 Å². The summed E-state index contributed by atoms with van der Waals surface area (Å²) in [7, 11) is 0. The lowest BCUT2D eigenvalue weighted by Gasteiger charge is -2.23. The minimum atomic E-state index is -0.757. The van der Waals surface area contributed by atoms with E-state index in [9.17, 15) is 14.4 Å². The van der Waals surface area contributed by atoms with Crippen LogP contribution >= 0.6 is 0 Å². The zero-order valence-electron chi connectivity index (χ0n) is 15.9. The molecule has 3 amide bonds. The van der Waals surface area contributed by atoms with Crippen LogP contribution < -0.4 is 21.9 Å². The van der Waals surface area contributed by atoms with E-state index in [4.69, 9.17) is 10.5 Å². The van der Waals surface area contributed by atoms with Gasteiger partial charge in [0.15, 0.2) is 0 Å². The van der Waals surface area contributed by atoms with E-state index in [1.807, 2.05) is 6.92 Å². The summed E-state index contributed by atoms with van der Waals surface area (Å²) in [6, 6.07) is -0.757. The third kappa shape index (κ3) is 13.2. The molecule has 8 heteroatoms. The molecule has 5 N–H and O–H groups in total. The third-order valence-corrected chi connectivity index (χ3v) is 3.29. The van der Waals surface area contributed by atoms with Crippen molar-refractivity contribution in [1.29, 1.82) is 0 Å². The zero-order valence-corrected chi connectivity index (χ0v) is 15.9. The fraction of sp³-hybridized carbons (Fsp3) is 0.824. The first-order valence-electron chi connectivity index (χ1n) is 8.98. The smallest absolute Gasteiger partial charge is 0.408 e. The Kier molecular flexibility index (Phi) is 11.6. The average Bonchev–Trinajstić information content (AvgIpc) is 2.51. The van der Waals surface area contributed by atoms with E-state index in [-0.39, 0.29) is 5.91 Å². The van der Waals surface area contributed by atoms with E-state index < -0.39 is 23.6 Å². The fourth-order valence-electron chi connectivity index (χ4n) is 2.01. The van der Waals surface area contributed by atoms with Crippen LogP contribution in [0, 0.1) is 0 Å². The fourth-order valence-corrected chi connectivity index (χ4v) is 2.01. The van der Waals surface area contributed by atoms with Crippen molar-refractivity contribution in [2.24, 2.45) is 5.73 Å². The first kappa shape index (κ1) is 23.2. The van der Waals surface area contributed by atoms with Gasteiger partial charge in [0.2, 0.25) is 5.91 Å². The van der Waals surface area contributed by atoms with E-state index in [1.54, 1.807) is 20.8 Å². The van der Waals surface area contributed by atoms with Crippen LogP contribution in [-0.4, -0.2) is 36.1 Å². The molecule has 0 saturated carbocycles. The quantitative estimate of drug-likeness (QED) is 0.350. The van der Waals surface area contributed by atoms with Gasteiger partial charge in [0.05, 0.1) is 0 Å². The number of nitrogens with one attached hydrogen (secondary N) is 3. The first-order valence-corrected chi connectivity index (χ1v) is 8.98. The number of rotatable bonds is 10. The van der Waals surface area contributed by atoms with Gasteiger partial charge < -0.3 is 15.8 Å². The SMILES string of the molecule is CCCC[C@@H](NC(=O)OC(C)(C)C)C(=O)NNC(=O)CCCCCN. The number of alkyl carbamates (subject to hydrolysis) is 1. The van der Waals surface area contributed by atoms with Gasteiger partial charge in [-0.1, -0.05) is 26.2 Å². The van der Waals surface area contributed by atoms with Crippen LogP contribution in [0.25, 0.3) is 0 Å². The highest BCUT2D eigenvalue weighted by Crippen LogP contribution is 2.08. The molecule has 25 heavy (non-hydrogen) atoms. The lowest BCUT2D eigenvalue weighted by Crippen LogP contribution is -2.53. The van der Waals surface area contributed by atoms with Gasteiger partial charge in [0, 0.05) is 6.42 Å². The monoisotopic (exact) mass is 358 g/mol. The largest absolute Gasteiger partial charge is 0.444 e. The first-order chi connectivity index (χ1) is 11.7. The molecule has 0 rings (SSSR count). The number of carbonyl (C=O) groups excluding carboxylic acids is 3. The molecular weight excluding hydrogens is 324 g/mol. The molecule has 1 atom stereocenters. The Balaban J connectivity index is 4.38. The van der Waals surface area contributed by atoms with Crippen molar-refractivity contribution < 1.29 is 19.1 Å². The molecule has 0 heterocycles. The highest BCUT2D eigenvalue weighted by Gasteiger charge is 2.24. The second-order valence-corrected chi connectivity index (χ2v) is 6.98. The van der Waals surface area contributed by atoms with E-state index >= 15 is 0 Å². The highest BCUT2D eigenvalue weighted by molar-refractivity contribution is 5.87. The van der Waals surface area contributed by atoms with Crippen molar-refractivity contribution in [3.8, 4) is 0 Å². The molecule has 0 aromatic rings. The minimum absolute atomic E-state index is 0.267. The molecule has 0 aromatic carbocycles. The van der Waals surface area contributed by atoms with Crippen LogP contribution in [-0.2, 0) is 14.3 Å². The Morgan fingerprint density at radius 3 is 2.28 bits per heavy atom. The zero-order chi connectivity index (χ0) is 19.3. The minimum Gasteiger partial charge on any atom is -0.444 e. The summed E-state index contributed by atoms with van der Waals surface area (Å²) in [5, 5.41) is 2.55. The molecule has 0 fully saturated rings. The maximum Gasteiger partial charge on any atom is 0.408 e. The number of hydrazine groups is 1. The molecule has 0 radical (unpaired) electrons. The van der Waals surface area contributed by atoms with Crippen molar-refractivity contribution in [3.63, 3.8) is 0 Å². The molecule has 8 nitrogen and oxygen atoms in total. The Bertz CT molecular complexity index is 421. The number of hydrogen-bond acceptors (Lipinski definition) is 5. The van der Waals surface area contributed by atoms with Crippen molar-refractivity contribution in [3.05, 3.63) is 0 Å². The van der Waals surface area contributed by atoms with Gasteiger partial charge in [-0.15, -0.1) is 0 Å². The van der Waals surface area contributed by atoms with E-state index in [2.05, 4.69) is 16.2 Å². The number of carbonyl (C=O) groups is 3. The molecule has 0 aliphatic carbocycles. The summed E-state index contributed by atoms with van der Waals surface area (Å²) in [5.74, 6) is -0.730. The van der Waals surface area contributed by atoms with Gasteiger partial charge in [-0.3, -0.25) is 20.4 Å². The number of nitrogens with two attached hydrogens (primary N) is 1. The second kappa shape index (κ2) is 12.5. The number of ether oxygens (including phenoxy) is 1. The summed E-state index contributed by atoms with van der Waals surface area (Å²) in [4.78, 5) is 35.8. The van der Waals surface area contributed by atoms with Gasteiger partial charge in [0.25, 0.3) is 5.91 Å². The third-order valence-electron chi connectivity index (χ3n) is 3.29. The summed E-state index contributed by atoms with van der Waals surface area (Å²) in [6.45, 7) is 7.84. The Morgan fingerprint density at radius 1 is 1.04 bits per heavy atom. The molecule has 0 aromatic heterocycles. The molecule has 0 saturated heterocycles. The number of amides is 3. The number of hydrogen-bond donors (Lipinski definition) is 4. The highest BCUT2D eigenvalue weighted by atomic mass is 16.6. The van der Waals surface area contributed by atoms with Crippen molar-refractivity contribution >= 4 is 17.9 Å². The van der Waals surface area contributed by atoms with Gasteiger partial charge >= 0.3 is 6.09 Å². The molecule has 0 unspecified atom stereocenters. The molecular formula is C17H34N4O4. The average molecular weight is 358 g/mol. The summed E-state index contributed by atoms with van der Waals surface area (Å²) in [5.41, 5.74) is 9.49. The van der Waals surface area contributed by atoms with Crippen LogP contribution in [0.5, 0.6) is 0 Å². The molecule has 0 spiro atoms. The normalized spacial score (nSPS) is 12.2. The summed E-state index contributed by atoms with van der Waals surface area (Å²) >= 11 is 0.